The summed E-state index contributed by atoms with van der Waals surface area (Å²) in [4.78, 5) is 13.5. The van der Waals surface area contributed by atoms with Crippen molar-refractivity contribution in [2.75, 3.05) is 6.61 Å². The van der Waals surface area contributed by atoms with Gasteiger partial charge < -0.3 is 9.64 Å². The second kappa shape index (κ2) is 4.17. The predicted octanol–water partition coefficient (Wildman–Crippen LogP) is 2.11. The van der Waals surface area contributed by atoms with Crippen molar-refractivity contribution >= 4 is 5.97 Å². The number of ether oxygens (including phenoxy) is 1. The first kappa shape index (κ1) is 9.77. The molecule has 2 aliphatic rings. The Morgan fingerprint density at radius 1 is 1.60 bits per heavy atom. The molecule has 0 spiro atoms. The second-order valence-corrected chi connectivity index (χ2v) is 3.25. The van der Waals surface area contributed by atoms with Gasteiger partial charge in [0.15, 0.2) is 0 Å². The topological polar surface area (TPSA) is 29.5 Å². The summed E-state index contributed by atoms with van der Waals surface area (Å²) in [6, 6.07) is 0. The Kier molecular flexibility index (Phi) is 2.72. The van der Waals surface area contributed by atoms with Crippen molar-refractivity contribution in [1.82, 2.24) is 4.90 Å². The number of nitrogens with zero attached hydrogens (tertiary/aromatic N) is 1. The Morgan fingerprint density at radius 2 is 2.47 bits per heavy atom. The van der Waals surface area contributed by atoms with Crippen LogP contribution in [0.3, 0.4) is 0 Å². The number of allylic oxidation sites excluding steroid dienone is 5. The average molecular weight is 203 g/mol. The SMILES string of the molecule is CCOC(=O)C1=CC=CC2=CCC=CN21. The zero-order chi connectivity index (χ0) is 10.7. The molecule has 0 unspecified atom stereocenters. The number of fused-ring (bicyclic) bond motifs is 1. The molecule has 3 heteroatoms. The fraction of sp³-hybridized carbons (Fsp3) is 0.250. The lowest BCUT2D eigenvalue weighted by atomic mass is 10.1. The molecule has 0 aliphatic carbocycles. The summed E-state index contributed by atoms with van der Waals surface area (Å²) in [7, 11) is 0. The van der Waals surface area contributed by atoms with Crippen molar-refractivity contribution in [1.29, 1.82) is 0 Å². The highest BCUT2D eigenvalue weighted by molar-refractivity contribution is 5.89. The van der Waals surface area contributed by atoms with Gasteiger partial charge in [0.1, 0.15) is 5.70 Å². The van der Waals surface area contributed by atoms with Crippen LogP contribution in [-0.4, -0.2) is 17.5 Å². The van der Waals surface area contributed by atoms with Gasteiger partial charge in [-0.3, -0.25) is 0 Å². The maximum Gasteiger partial charge on any atom is 0.355 e. The van der Waals surface area contributed by atoms with Crippen molar-refractivity contribution in [3.63, 3.8) is 0 Å². The summed E-state index contributed by atoms with van der Waals surface area (Å²) in [6.07, 6.45) is 12.5. The van der Waals surface area contributed by atoms with Crippen LogP contribution in [0.1, 0.15) is 13.3 Å². The minimum atomic E-state index is -0.278. The van der Waals surface area contributed by atoms with E-state index in [9.17, 15) is 4.79 Å². The van der Waals surface area contributed by atoms with Crippen molar-refractivity contribution < 1.29 is 9.53 Å². The fourth-order valence-electron chi connectivity index (χ4n) is 1.60. The van der Waals surface area contributed by atoms with Crippen LogP contribution >= 0.6 is 0 Å². The molecule has 0 aromatic carbocycles. The first-order valence-electron chi connectivity index (χ1n) is 5.04. The summed E-state index contributed by atoms with van der Waals surface area (Å²) in [5.41, 5.74) is 1.60. The standard InChI is InChI=1S/C12H13NO2/c1-2-15-12(14)11-8-5-7-10-6-3-4-9-13(10)11/h4-9H,2-3H2,1H3. The van der Waals surface area contributed by atoms with Gasteiger partial charge in [0.2, 0.25) is 0 Å². The van der Waals surface area contributed by atoms with E-state index in [4.69, 9.17) is 4.74 Å². The molecule has 15 heavy (non-hydrogen) atoms. The van der Waals surface area contributed by atoms with Crippen molar-refractivity contribution in [2.24, 2.45) is 0 Å². The van der Waals surface area contributed by atoms with E-state index >= 15 is 0 Å². The van der Waals surface area contributed by atoms with Gasteiger partial charge in [0.25, 0.3) is 0 Å². The molecule has 0 fully saturated rings. The van der Waals surface area contributed by atoms with Crippen molar-refractivity contribution in [3.8, 4) is 0 Å². The minimum Gasteiger partial charge on any atom is -0.461 e. The summed E-state index contributed by atoms with van der Waals surface area (Å²) in [5.74, 6) is -0.278. The molecular weight excluding hydrogens is 190 g/mol. The van der Waals surface area contributed by atoms with Crippen LogP contribution in [0.25, 0.3) is 0 Å². The van der Waals surface area contributed by atoms with Gasteiger partial charge in [-0.1, -0.05) is 18.2 Å². The lowest BCUT2D eigenvalue weighted by molar-refractivity contribution is -0.139. The number of hydrogen-bond donors (Lipinski definition) is 0. The van der Waals surface area contributed by atoms with E-state index < -0.39 is 0 Å². The molecule has 0 saturated heterocycles. The fourth-order valence-corrected chi connectivity index (χ4v) is 1.60. The summed E-state index contributed by atoms with van der Waals surface area (Å²) < 4.78 is 4.99. The molecule has 0 radical (unpaired) electrons. The highest BCUT2D eigenvalue weighted by Crippen LogP contribution is 2.24. The molecule has 0 bridgehead atoms. The molecule has 0 saturated carbocycles. The third-order valence-corrected chi connectivity index (χ3v) is 2.26. The van der Waals surface area contributed by atoms with Gasteiger partial charge in [0.05, 0.1) is 6.61 Å². The first-order chi connectivity index (χ1) is 7.33. The molecule has 0 aromatic rings. The van der Waals surface area contributed by atoms with E-state index in [1.165, 1.54) is 0 Å². The van der Waals surface area contributed by atoms with E-state index in [2.05, 4.69) is 6.08 Å². The Hall–Kier alpha value is -1.77. The summed E-state index contributed by atoms with van der Waals surface area (Å²) >= 11 is 0. The van der Waals surface area contributed by atoms with Gasteiger partial charge in [-0.15, -0.1) is 0 Å². The van der Waals surface area contributed by atoms with Crippen LogP contribution in [0.4, 0.5) is 0 Å². The van der Waals surface area contributed by atoms with Crippen LogP contribution in [0, 0.1) is 0 Å². The van der Waals surface area contributed by atoms with E-state index in [0.29, 0.717) is 12.3 Å². The molecular formula is C12H13NO2. The Labute approximate surface area is 89.0 Å². The van der Waals surface area contributed by atoms with Crippen molar-refractivity contribution in [3.05, 3.63) is 48.0 Å². The second-order valence-electron chi connectivity index (χ2n) is 3.25. The smallest absolute Gasteiger partial charge is 0.355 e. The summed E-state index contributed by atoms with van der Waals surface area (Å²) in [6.45, 7) is 2.20. The van der Waals surface area contributed by atoms with E-state index in [1.54, 1.807) is 13.0 Å². The predicted molar refractivity (Wildman–Crippen MR) is 57.5 cm³/mol. The highest BCUT2D eigenvalue weighted by Gasteiger charge is 2.21. The number of carbonyl (C=O) groups is 1. The lowest BCUT2D eigenvalue weighted by Gasteiger charge is -2.27. The van der Waals surface area contributed by atoms with E-state index in [0.717, 1.165) is 12.1 Å². The Balaban J connectivity index is 2.24. The van der Waals surface area contributed by atoms with Gasteiger partial charge >= 0.3 is 5.97 Å². The maximum absolute atomic E-state index is 11.6. The monoisotopic (exact) mass is 203 g/mol. The van der Waals surface area contributed by atoms with Crippen LogP contribution < -0.4 is 0 Å². The van der Waals surface area contributed by atoms with Crippen LogP contribution in [-0.2, 0) is 9.53 Å². The van der Waals surface area contributed by atoms with Gasteiger partial charge in [0, 0.05) is 11.9 Å². The van der Waals surface area contributed by atoms with Crippen LogP contribution in [0.5, 0.6) is 0 Å². The largest absolute Gasteiger partial charge is 0.461 e. The number of carbonyl (C=O) groups excluding carboxylic acids is 1. The molecule has 0 amide bonds. The minimum absolute atomic E-state index is 0.278. The molecule has 78 valence electrons. The van der Waals surface area contributed by atoms with Gasteiger partial charge in [-0.2, -0.15) is 0 Å². The molecule has 3 nitrogen and oxygen atoms in total. The lowest BCUT2D eigenvalue weighted by Crippen LogP contribution is -2.25. The first-order valence-corrected chi connectivity index (χ1v) is 5.04. The van der Waals surface area contributed by atoms with Gasteiger partial charge in [-0.25, -0.2) is 4.79 Å². The molecule has 0 N–H and O–H groups in total. The van der Waals surface area contributed by atoms with Crippen LogP contribution in [0.15, 0.2) is 48.0 Å². The van der Waals surface area contributed by atoms with E-state index in [-0.39, 0.29) is 5.97 Å². The molecule has 2 aliphatic heterocycles. The third-order valence-electron chi connectivity index (χ3n) is 2.26. The number of rotatable bonds is 2. The Morgan fingerprint density at radius 3 is 3.27 bits per heavy atom. The summed E-state index contributed by atoms with van der Waals surface area (Å²) in [5, 5.41) is 0. The van der Waals surface area contributed by atoms with E-state index in [1.807, 2.05) is 29.3 Å². The normalized spacial score (nSPS) is 18.1. The molecule has 2 rings (SSSR count). The van der Waals surface area contributed by atoms with Crippen molar-refractivity contribution in [2.45, 2.75) is 13.3 Å². The molecule has 2 heterocycles. The molecule has 0 atom stereocenters. The quantitative estimate of drug-likeness (QED) is 0.644. The highest BCUT2D eigenvalue weighted by atomic mass is 16.5. The zero-order valence-electron chi connectivity index (χ0n) is 8.64. The zero-order valence-corrected chi connectivity index (χ0v) is 8.64. The Bertz CT molecular complexity index is 388. The van der Waals surface area contributed by atoms with Gasteiger partial charge in [-0.05, 0) is 25.5 Å². The third kappa shape index (κ3) is 1.86. The number of esters is 1. The number of hydrogen-bond acceptors (Lipinski definition) is 3. The van der Waals surface area contributed by atoms with Crippen LogP contribution in [0.2, 0.25) is 0 Å². The average Bonchev–Trinajstić information content (AvgIpc) is 2.28. The molecule has 0 aromatic heterocycles. The maximum atomic E-state index is 11.6.